The van der Waals surface area contributed by atoms with Crippen molar-refractivity contribution in [1.29, 1.82) is 0 Å². The number of unbranched alkanes of at least 4 members (excludes halogenated alkanes) is 19. The van der Waals surface area contributed by atoms with Gasteiger partial charge in [-0.15, -0.1) is 0 Å². The van der Waals surface area contributed by atoms with Gasteiger partial charge in [0.25, 0.3) is 0 Å². The number of likely N-dealkylation sites (N-methyl/N-ethyl adjacent to an activating group) is 1. The van der Waals surface area contributed by atoms with Crippen molar-refractivity contribution in [2.75, 3.05) is 20.1 Å². The monoisotopic (exact) mass is 644 g/mol. The number of likely N-dealkylation sites (tertiary alicyclic amines) is 1. The van der Waals surface area contributed by atoms with Gasteiger partial charge < -0.3 is 9.47 Å². The number of ether oxygens (including phenoxy) is 2. The summed E-state index contributed by atoms with van der Waals surface area (Å²) < 4.78 is 11.5. The quantitative estimate of drug-likeness (QED) is 0.0427. The molecule has 1 fully saturated rings. The van der Waals surface area contributed by atoms with Gasteiger partial charge in [0.15, 0.2) is 12.2 Å². The van der Waals surface area contributed by atoms with Crippen molar-refractivity contribution in [3.8, 4) is 0 Å². The summed E-state index contributed by atoms with van der Waals surface area (Å²) in [7, 11) is 1.99. The van der Waals surface area contributed by atoms with Gasteiger partial charge in [0.1, 0.15) is 0 Å². The van der Waals surface area contributed by atoms with E-state index in [1.54, 1.807) is 0 Å². The molecule has 5 heteroatoms. The normalized spacial score (nSPS) is 17.2. The number of rotatable bonds is 31. The zero-order valence-electron chi connectivity index (χ0n) is 30.5. The average molecular weight is 644 g/mol. The van der Waals surface area contributed by atoms with Crippen LogP contribution in [0.15, 0.2) is 36.5 Å². The Bertz CT molecular complexity index is 804. The summed E-state index contributed by atoms with van der Waals surface area (Å²) >= 11 is 0. The molecule has 0 aliphatic carbocycles. The predicted octanol–water partition coefficient (Wildman–Crippen LogP) is 11.6. The maximum Gasteiger partial charge on any atom is 0.306 e. The minimum absolute atomic E-state index is 0.155. The topological polar surface area (TPSA) is 55.8 Å². The van der Waals surface area contributed by atoms with Crippen LogP contribution in [0.1, 0.15) is 181 Å². The summed E-state index contributed by atoms with van der Waals surface area (Å²) in [4.78, 5) is 27.1. The van der Waals surface area contributed by atoms with Gasteiger partial charge >= 0.3 is 11.9 Å². The molecule has 0 aromatic rings. The summed E-state index contributed by atoms with van der Waals surface area (Å²) in [5.41, 5.74) is 0. The standard InChI is InChI=1S/C41H73NO4/c1-4-6-8-10-12-14-16-18-20-22-24-26-28-30-32-34-40(43)45-38-36-42(3)37-39(38)46-41(44)35-33-31-29-27-25-23-21-19-17-15-13-11-9-7-5-2/h12-15,18,20,38-39H,4-11,16-17,19,21-37H2,1-3H3/b14-12-,15-13-,20-18-/t38-,39+/m0/s1. The van der Waals surface area contributed by atoms with E-state index in [0.717, 1.165) is 44.9 Å². The largest absolute Gasteiger partial charge is 0.457 e. The Morgan fingerprint density at radius 1 is 0.500 bits per heavy atom. The first-order valence-corrected chi connectivity index (χ1v) is 19.6. The Morgan fingerprint density at radius 3 is 1.22 bits per heavy atom. The first kappa shape index (κ1) is 42.1. The molecule has 0 amide bonds. The van der Waals surface area contributed by atoms with Gasteiger partial charge in [0.05, 0.1) is 0 Å². The Hall–Kier alpha value is -1.88. The van der Waals surface area contributed by atoms with Gasteiger partial charge in [-0.1, -0.05) is 134 Å². The minimum atomic E-state index is -0.351. The molecule has 0 aromatic heterocycles. The van der Waals surface area contributed by atoms with E-state index < -0.39 is 0 Å². The molecule has 0 aromatic carbocycles. The Morgan fingerprint density at radius 2 is 0.826 bits per heavy atom. The number of allylic oxidation sites excluding steroid dienone is 6. The first-order chi connectivity index (χ1) is 22.6. The van der Waals surface area contributed by atoms with Crippen LogP contribution in [0.4, 0.5) is 0 Å². The molecule has 0 bridgehead atoms. The lowest BCUT2D eigenvalue weighted by Gasteiger charge is -2.19. The third kappa shape index (κ3) is 26.2. The summed E-state index contributed by atoms with van der Waals surface area (Å²) in [6.07, 6.45) is 42.9. The maximum atomic E-state index is 12.5. The Labute approximate surface area is 285 Å². The van der Waals surface area contributed by atoms with Crippen LogP contribution in [0.2, 0.25) is 0 Å². The third-order valence-electron chi connectivity index (χ3n) is 8.94. The van der Waals surface area contributed by atoms with Crippen molar-refractivity contribution >= 4 is 11.9 Å². The zero-order valence-corrected chi connectivity index (χ0v) is 30.5. The predicted molar refractivity (Wildman–Crippen MR) is 196 cm³/mol. The highest BCUT2D eigenvalue weighted by Crippen LogP contribution is 2.19. The molecule has 1 rings (SSSR count). The fourth-order valence-electron chi connectivity index (χ4n) is 6.03. The number of hydrogen-bond acceptors (Lipinski definition) is 5. The van der Waals surface area contributed by atoms with E-state index in [1.807, 2.05) is 7.05 Å². The molecule has 0 radical (unpaired) electrons. The number of esters is 2. The minimum Gasteiger partial charge on any atom is -0.457 e. The number of nitrogens with zero attached hydrogens (tertiary/aromatic N) is 1. The first-order valence-electron chi connectivity index (χ1n) is 19.6. The van der Waals surface area contributed by atoms with Crippen molar-refractivity contribution in [2.45, 2.75) is 193 Å². The Kier molecular flexibility index (Phi) is 29.0. The second kappa shape index (κ2) is 31.7. The highest BCUT2D eigenvalue weighted by atomic mass is 16.6. The van der Waals surface area contributed by atoms with E-state index in [1.165, 1.54) is 109 Å². The third-order valence-corrected chi connectivity index (χ3v) is 8.94. The van der Waals surface area contributed by atoms with Crippen LogP contribution >= 0.6 is 0 Å². The molecule has 1 aliphatic heterocycles. The summed E-state index contributed by atoms with van der Waals surface area (Å²) in [5.74, 6) is -0.316. The molecular formula is C41H73NO4. The van der Waals surface area contributed by atoms with Crippen LogP contribution in [-0.4, -0.2) is 49.2 Å². The molecule has 0 N–H and O–H groups in total. The van der Waals surface area contributed by atoms with E-state index >= 15 is 0 Å². The summed E-state index contributed by atoms with van der Waals surface area (Å²) in [5, 5.41) is 0. The van der Waals surface area contributed by atoms with Crippen molar-refractivity contribution in [3.05, 3.63) is 36.5 Å². The van der Waals surface area contributed by atoms with Crippen LogP contribution in [0.3, 0.4) is 0 Å². The number of hydrogen-bond donors (Lipinski definition) is 0. The van der Waals surface area contributed by atoms with Gasteiger partial charge in [0.2, 0.25) is 0 Å². The van der Waals surface area contributed by atoms with E-state index in [9.17, 15) is 9.59 Å². The van der Waals surface area contributed by atoms with Crippen LogP contribution in [0.25, 0.3) is 0 Å². The molecule has 46 heavy (non-hydrogen) atoms. The molecule has 0 saturated carbocycles. The second-order valence-corrected chi connectivity index (χ2v) is 13.6. The fraction of sp³-hybridized carbons (Fsp3) is 0.805. The molecular weight excluding hydrogens is 570 g/mol. The van der Waals surface area contributed by atoms with Gasteiger partial charge in [-0.2, -0.15) is 0 Å². The molecule has 266 valence electrons. The summed E-state index contributed by atoms with van der Waals surface area (Å²) in [6, 6.07) is 0. The average Bonchev–Trinajstić information content (AvgIpc) is 3.38. The Balaban J connectivity index is 2.01. The van der Waals surface area contributed by atoms with Crippen molar-refractivity contribution < 1.29 is 19.1 Å². The number of carbonyl (C=O) groups is 2. The van der Waals surface area contributed by atoms with Gasteiger partial charge in [-0.05, 0) is 77.7 Å². The van der Waals surface area contributed by atoms with Crippen LogP contribution < -0.4 is 0 Å². The highest BCUT2D eigenvalue weighted by Gasteiger charge is 2.36. The lowest BCUT2D eigenvalue weighted by molar-refractivity contribution is -0.164. The SMILES string of the molecule is CCCCC/C=C\C/C=C\CCCCCCCC(=O)O[C@H]1CN(C)C[C@H]1OC(=O)CCCCCCCCCC/C=C\CCCCC. The van der Waals surface area contributed by atoms with E-state index in [0.29, 0.717) is 25.9 Å². The van der Waals surface area contributed by atoms with Crippen molar-refractivity contribution in [2.24, 2.45) is 0 Å². The van der Waals surface area contributed by atoms with Crippen molar-refractivity contribution in [1.82, 2.24) is 4.90 Å². The number of carbonyl (C=O) groups excluding carboxylic acids is 2. The maximum absolute atomic E-state index is 12.5. The molecule has 5 nitrogen and oxygen atoms in total. The van der Waals surface area contributed by atoms with Gasteiger partial charge in [-0.3, -0.25) is 14.5 Å². The second-order valence-electron chi connectivity index (χ2n) is 13.6. The van der Waals surface area contributed by atoms with Gasteiger partial charge in [-0.25, -0.2) is 0 Å². The summed E-state index contributed by atoms with van der Waals surface area (Å²) in [6.45, 7) is 5.75. The van der Waals surface area contributed by atoms with Gasteiger partial charge in [0, 0.05) is 25.9 Å². The molecule has 1 heterocycles. The molecule has 0 spiro atoms. The highest BCUT2D eigenvalue weighted by molar-refractivity contribution is 5.70. The lowest BCUT2D eigenvalue weighted by Crippen LogP contribution is -2.33. The molecule has 2 atom stereocenters. The van der Waals surface area contributed by atoms with E-state index in [-0.39, 0.29) is 24.1 Å². The van der Waals surface area contributed by atoms with Crippen molar-refractivity contribution in [3.63, 3.8) is 0 Å². The van der Waals surface area contributed by atoms with E-state index in [4.69, 9.17) is 9.47 Å². The smallest absolute Gasteiger partial charge is 0.306 e. The van der Waals surface area contributed by atoms with E-state index in [2.05, 4.69) is 55.2 Å². The zero-order chi connectivity index (χ0) is 33.3. The van der Waals surface area contributed by atoms with Crippen LogP contribution in [0.5, 0.6) is 0 Å². The lowest BCUT2D eigenvalue weighted by atomic mass is 10.1. The van der Waals surface area contributed by atoms with Crippen LogP contribution in [-0.2, 0) is 19.1 Å². The molecule has 1 saturated heterocycles. The molecule has 0 unspecified atom stereocenters. The fourth-order valence-corrected chi connectivity index (χ4v) is 6.03. The molecule has 1 aliphatic rings. The van der Waals surface area contributed by atoms with Crippen LogP contribution in [0, 0.1) is 0 Å².